The fourth-order valence-corrected chi connectivity index (χ4v) is 5.72. The molecule has 1 aliphatic heterocycles. The Labute approximate surface area is 215 Å². The van der Waals surface area contributed by atoms with Crippen molar-refractivity contribution in [2.75, 3.05) is 13.7 Å². The number of amides is 1. The highest BCUT2D eigenvalue weighted by Gasteiger charge is 2.42. The van der Waals surface area contributed by atoms with Crippen LogP contribution < -0.4 is 4.74 Å². The average Bonchev–Trinajstić information content (AvgIpc) is 3.58. The van der Waals surface area contributed by atoms with Crippen LogP contribution in [0.1, 0.15) is 56.8 Å². The van der Waals surface area contributed by atoms with Gasteiger partial charge in [-0.1, -0.05) is 45.0 Å². The van der Waals surface area contributed by atoms with Crippen LogP contribution in [-0.4, -0.2) is 62.3 Å². The van der Waals surface area contributed by atoms with Crippen LogP contribution in [0.5, 0.6) is 5.75 Å². The van der Waals surface area contributed by atoms with E-state index in [0.717, 1.165) is 21.7 Å². The molecule has 1 saturated heterocycles. The molecule has 4 atom stereocenters. The van der Waals surface area contributed by atoms with Crippen molar-refractivity contribution < 1.29 is 19.4 Å². The van der Waals surface area contributed by atoms with E-state index >= 15 is 0 Å². The first-order chi connectivity index (χ1) is 17.2. The van der Waals surface area contributed by atoms with Crippen LogP contribution in [0, 0.1) is 12.8 Å². The lowest BCUT2D eigenvalue weighted by Gasteiger charge is -2.30. The predicted octanol–water partition coefficient (Wildman–Crippen LogP) is 4.25. The number of likely N-dealkylation sites (tertiary alicyclic amines) is 1. The van der Waals surface area contributed by atoms with Crippen molar-refractivity contribution in [3.63, 3.8) is 0 Å². The monoisotopic (exact) mass is 510 g/mol. The molecule has 3 aromatic rings. The topological polar surface area (TPSA) is 97.5 Å². The maximum absolute atomic E-state index is 13.6. The molecule has 2 aromatic heterocycles. The number of thiazole rings is 1. The molecule has 0 unspecified atom stereocenters. The van der Waals surface area contributed by atoms with E-state index in [-0.39, 0.29) is 36.5 Å². The molecule has 3 heterocycles. The van der Waals surface area contributed by atoms with Gasteiger partial charge >= 0.3 is 0 Å². The largest absolute Gasteiger partial charge is 0.493 e. The third kappa shape index (κ3) is 5.37. The van der Waals surface area contributed by atoms with Crippen LogP contribution in [0.4, 0.5) is 0 Å². The number of β-amino-alcohol motifs (C(OH)–C–C–N with tert-alkyl or cyclic N) is 1. The van der Waals surface area contributed by atoms with Gasteiger partial charge in [-0.25, -0.2) is 4.98 Å². The van der Waals surface area contributed by atoms with E-state index in [1.165, 1.54) is 0 Å². The van der Waals surface area contributed by atoms with Crippen LogP contribution in [-0.2, 0) is 9.59 Å². The Morgan fingerprint density at radius 2 is 1.94 bits per heavy atom. The number of hydrogen-bond donors (Lipinski definition) is 1. The van der Waals surface area contributed by atoms with Crippen molar-refractivity contribution in [2.45, 2.75) is 64.6 Å². The number of hydrogen-bond acceptors (Lipinski definition) is 7. The smallest absolute Gasteiger partial charge is 0.248 e. The maximum atomic E-state index is 13.6. The van der Waals surface area contributed by atoms with Gasteiger partial charge in [0.05, 0.1) is 47.7 Å². The first-order valence-electron chi connectivity index (χ1n) is 12.3. The summed E-state index contributed by atoms with van der Waals surface area (Å²) in [6.07, 6.45) is 3.08. The van der Waals surface area contributed by atoms with Gasteiger partial charge in [-0.05, 0) is 29.9 Å². The summed E-state index contributed by atoms with van der Waals surface area (Å²) in [5.74, 6) is 0.251. The van der Waals surface area contributed by atoms with Gasteiger partial charge in [0.25, 0.3) is 0 Å². The first kappa shape index (κ1) is 26.0. The fraction of sp³-hybridized carbons (Fsp3) is 0.481. The van der Waals surface area contributed by atoms with Gasteiger partial charge in [-0.15, -0.1) is 11.3 Å². The molecule has 0 aliphatic carbocycles. The van der Waals surface area contributed by atoms with E-state index in [2.05, 4.69) is 34.3 Å². The molecule has 0 saturated carbocycles. The number of carbonyl (C=O) groups excluding carboxylic acids is 2. The van der Waals surface area contributed by atoms with Crippen molar-refractivity contribution in [2.24, 2.45) is 5.92 Å². The van der Waals surface area contributed by atoms with Gasteiger partial charge in [-0.3, -0.25) is 14.3 Å². The van der Waals surface area contributed by atoms with E-state index in [1.54, 1.807) is 40.4 Å². The first-order valence-corrected chi connectivity index (χ1v) is 13.2. The number of aryl methyl sites for hydroxylation is 1. The SMILES string of the molecule is COc1cnn([C@H](C(=O)N2C[C@H](O)C[C@H]2C(=O)C[C@@H](C)c2ccc(-c3scnc3C)cc2)C(C)C)c1. The summed E-state index contributed by atoms with van der Waals surface area (Å²) in [7, 11) is 1.55. The number of rotatable bonds is 9. The number of benzene rings is 1. The molecule has 192 valence electrons. The molecule has 1 aliphatic rings. The number of carbonyl (C=O) groups is 2. The molecule has 0 radical (unpaired) electrons. The van der Waals surface area contributed by atoms with E-state index in [1.807, 2.05) is 33.2 Å². The van der Waals surface area contributed by atoms with Gasteiger partial charge < -0.3 is 14.7 Å². The zero-order chi connectivity index (χ0) is 26.0. The summed E-state index contributed by atoms with van der Waals surface area (Å²) >= 11 is 1.61. The number of aromatic nitrogens is 3. The molecule has 1 amide bonds. The minimum Gasteiger partial charge on any atom is -0.493 e. The van der Waals surface area contributed by atoms with Crippen molar-refractivity contribution in [1.82, 2.24) is 19.7 Å². The molecule has 0 bridgehead atoms. The Balaban J connectivity index is 1.47. The lowest BCUT2D eigenvalue weighted by atomic mass is 9.91. The van der Waals surface area contributed by atoms with E-state index in [9.17, 15) is 14.7 Å². The van der Waals surface area contributed by atoms with E-state index < -0.39 is 18.2 Å². The fourth-order valence-electron chi connectivity index (χ4n) is 4.91. The molecular formula is C27H34N4O4S. The number of ether oxygens (including phenoxy) is 1. The second kappa shape index (κ2) is 10.9. The summed E-state index contributed by atoms with van der Waals surface area (Å²) < 4.78 is 6.81. The van der Waals surface area contributed by atoms with Crippen LogP contribution in [0.2, 0.25) is 0 Å². The Morgan fingerprint density at radius 1 is 1.22 bits per heavy atom. The minimum absolute atomic E-state index is 0.0138. The van der Waals surface area contributed by atoms with Gasteiger partial charge in [-0.2, -0.15) is 5.10 Å². The summed E-state index contributed by atoms with van der Waals surface area (Å²) in [6, 6.07) is 7.01. The Kier molecular flexibility index (Phi) is 7.90. The molecule has 4 rings (SSSR count). The normalized spacial score (nSPS) is 19.5. The van der Waals surface area contributed by atoms with Crippen molar-refractivity contribution in [3.8, 4) is 16.2 Å². The highest BCUT2D eigenvalue weighted by Crippen LogP contribution is 2.32. The van der Waals surface area contributed by atoms with Crippen LogP contribution in [0.3, 0.4) is 0 Å². The quantitative estimate of drug-likeness (QED) is 0.462. The molecule has 8 nitrogen and oxygen atoms in total. The summed E-state index contributed by atoms with van der Waals surface area (Å²) in [4.78, 5) is 34.1. The van der Waals surface area contributed by atoms with Crippen LogP contribution >= 0.6 is 11.3 Å². The van der Waals surface area contributed by atoms with Gasteiger partial charge in [0, 0.05) is 19.4 Å². The second-order valence-corrected chi connectivity index (χ2v) is 10.8. The van der Waals surface area contributed by atoms with E-state index in [4.69, 9.17) is 4.74 Å². The summed E-state index contributed by atoms with van der Waals surface area (Å²) in [5.41, 5.74) is 5.03. The molecule has 1 N–H and O–H groups in total. The standard InChI is InChI=1S/C27H34N4O4S/c1-16(2)25(31-14-22(35-5)12-29-31)27(34)30-13-21(32)11-23(30)24(33)10-17(3)19-6-8-20(9-7-19)26-18(4)28-15-36-26/h6-9,12,14-17,21,23,25,32H,10-11,13H2,1-5H3/t17-,21-,23+,25+/m1/s1. The summed E-state index contributed by atoms with van der Waals surface area (Å²) in [6.45, 7) is 8.05. The van der Waals surface area contributed by atoms with Crippen molar-refractivity contribution in [3.05, 3.63) is 53.4 Å². The van der Waals surface area contributed by atoms with Gasteiger partial charge in [0.2, 0.25) is 5.91 Å². The van der Waals surface area contributed by atoms with Gasteiger partial charge in [0.1, 0.15) is 6.04 Å². The second-order valence-electron chi connectivity index (χ2n) is 9.91. The predicted molar refractivity (Wildman–Crippen MR) is 139 cm³/mol. The maximum Gasteiger partial charge on any atom is 0.248 e. The molecule has 9 heteroatoms. The molecular weight excluding hydrogens is 476 g/mol. The number of aliphatic hydroxyl groups excluding tert-OH is 1. The zero-order valence-electron chi connectivity index (χ0n) is 21.4. The lowest BCUT2D eigenvalue weighted by Crippen LogP contribution is -2.45. The van der Waals surface area contributed by atoms with Crippen LogP contribution in [0.15, 0.2) is 42.2 Å². The molecule has 0 spiro atoms. The Morgan fingerprint density at radius 3 is 2.53 bits per heavy atom. The summed E-state index contributed by atoms with van der Waals surface area (Å²) in [5, 5.41) is 14.7. The van der Waals surface area contributed by atoms with Crippen molar-refractivity contribution >= 4 is 23.0 Å². The third-order valence-electron chi connectivity index (χ3n) is 6.91. The van der Waals surface area contributed by atoms with Gasteiger partial charge in [0.15, 0.2) is 11.5 Å². The lowest BCUT2D eigenvalue weighted by molar-refractivity contribution is -0.142. The molecule has 1 aromatic carbocycles. The third-order valence-corrected chi connectivity index (χ3v) is 7.89. The van der Waals surface area contributed by atoms with E-state index in [0.29, 0.717) is 12.2 Å². The number of nitrogens with zero attached hydrogens (tertiary/aromatic N) is 4. The zero-order valence-corrected chi connectivity index (χ0v) is 22.2. The van der Waals surface area contributed by atoms with Crippen LogP contribution in [0.25, 0.3) is 10.4 Å². The number of methoxy groups -OCH3 is 1. The van der Waals surface area contributed by atoms with Crippen molar-refractivity contribution in [1.29, 1.82) is 0 Å². The minimum atomic E-state index is -0.722. The number of ketones is 1. The Hall–Kier alpha value is -3.04. The highest BCUT2D eigenvalue weighted by molar-refractivity contribution is 7.13. The molecule has 36 heavy (non-hydrogen) atoms. The number of Topliss-reactive ketones (excluding diaryl/α,β-unsaturated/α-hetero) is 1. The Bertz CT molecular complexity index is 1200. The molecule has 1 fully saturated rings. The highest BCUT2D eigenvalue weighted by atomic mass is 32.1. The average molecular weight is 511 g/mol. The number of aliphatic hydroxyl groups is 1.